The number of hydrogen-bond acceptors (Lipinski definition) is 8. The first kappa shape index (κ1) is 26.1. The molecule has 0 heterocycles. The number of rotatable bonds is 9. The number of benzene rings is 2. The molecule has 2 N–H and O–H groups in total. The zero-order valence-corrected chi connectivity index (χ0v) is 21.1. The third-order valence-electron chi connectivity index (χ3n) is 5.86. The molecular formula is C27H33NO7. The molecule has 8 nitrogen and oxygen atoms in total. The Hall–Kier alpha value is -3.52. The molecule has 1 atom stereocenters. The third kappa shape index (κ3) is 5.59. The summed E-state index contributed by atoms with van der Waals surface area (Å²) in [5.74, 6) is 1.71. The zero-order chi connectivity index (χ0) is 25.7. The number of nitrogens with two attached hydrogens (primary N) is 1. The molecule has 8 heteroatoms. The van der Waals surface area contributed by atoms with Crippen molar-refractivity contribution in [1.29, 1.82) is 0 Å². The van der Waals surface area contributed by atoms with Crippen LogP contribution in [-0.2, 0) is 16.0 Å². The van der Waals surface area contributed by atoms with Crippen molar-refractivity contribution in [3.63, 3.8) is 0 Å². The lowest BCUT2D eigenvalue weighted by molar-refractivity contribution is -0.136. The molecule has 1 unspecified atom stereocenters. The second kappa shape index (κ2) is 11.3. The second-order valence-electron chi connectivity index (χ2n) is 8.72. The minimum atomic E-state index is -0.760. The number of ether oxygens (including phenoxy) is 5. The summed E-state index contributed by atoms with van der Waals surface area (Å²) in [5, 5.41) is 0. The van der Waals surface area contributed by atoms with Gasteiger partial charge in [-0.25, -0.2) is 4.79 Å². The summed E-state index contributed by atoms with van der Waals surface area (Å²) in [6, 6.07) is 6.25. The van der Waals surface area contributed by atoms with Gasteiger partial charge >= 0.3 is 5.97 Å². The number of carbonyl (C=O) groups is 2. The van der Waals surface area contributed by atoms with Crippen LogP contribution in [0, 0.1) is 5.92 Å². The Morgan fingerprint density at radius 1 is 0.914 bits per heavy atom. The summed E-state index contributed by atoms with van der Waals surface area (Å²) >= 11 is 0. The fourth-order valence-corrected chi connectivity index (χ4v) is 4.21. The van der Waals surface area contributed by atoms with Crippen molar-refractivity contribution in [2.75, 3.05) is 28.4 Å². The SMILES string of the molecule is COc1ccc(C2=CC(=O)CCc3c2cc(OC)c(OC)c3OC)cc1OC(=O)C(N)CC(C)C. The van der Waals surface area contributed by atoms with E-state index in [4.69, 9.17) is 29.4 Å². The highest BCUT2D eigenvalue weighted by Gasteiger charge is 2.27. The molecule has 188 valence electrons. The van der Waals surface area contributed by atoms with Crippen LogP contribution in [0.15, 0.2) is 30.3 Å². The molecule has 35 heavy (non-hydrogen) atoms. The Kier molecular flexibility index (Phi) is 8.40. The average molecular weight is 484 g/mol. The van der Waals surface area contributed by atoms with Gasteiger partial charge in [-0.3, -0.25) is 4.79 Å². The van der Waals surface area contributed by atoms with E-state index in [1.807, 2.05) is 26.0 Å². The van der Waals surface area contributed by atoms with Gasteiger partial charge in [-0.05, 0) is 59.7 Å². The van der Waals surface area contributed by atoms with Crippen LogP contribution in [0.4, 0.5) is 0 Å². The number of fused-ring (bicyclic) bond motifs is 1. The molecule has 0 spiro atoms. The number of methoxy groups -OCH3 is 4. The number of hydrogen-bond donors (Lipinski definition) is 1. The molecule has 2 aromatic rings. The maximum Gasteiger partial charge on any atom is 0.328 e. The van der Waals surface area contributed by atoms with E-state index in [9.17, 15) is 9.59 Å². The van der Waals surface area contributed by atoms with Crippen LogP contribution in [-0.4, -0.2) is 46.2 Å². The molecule has 1 aliphatic carbocycles. The van der Waals surface area contributed by atoms with Crippen molar-refractivity contribution in [1.82, 2.24) is 0 Å². The minimum absolute atomic E-state index is 0.0375. The Balaban J connectivity index is 2.14. The van der Waals surface area contributed by atoms with E-state index in [2.05, 4.69) is 0 Å². The lowest BCUT2D eigenvalue weighted by Gasteiger charge is -2.20. The van der Waals surface area contributed by atoms with Crippen molar-refractivity contribution >= 4 is 17.3 Å². The standard InChI is InChI=1S/C27H33NO7/c1-15(2)11-21(28)27(30)35-23-12-16(7-10-22(23)31-3)19-13-17(29)8-9-18-20(19)14-24(32-4)26(34-6)25(18)33-5/h7,10,12-15,21H,8-9,11,28H2,1-6H3. The summed E-state index contributed by atoms with van der Waals surface area (Å²) in [7, 11) is 6.13. The van der Waals surface area contributed by atoms with Crippen molar-refractivity contribution in [3.05, 3.63) is 47.0 Å². The van der Waals surface area contributed by atoms with Gasteiger partial charge in [0.15, 0.2) is 28.8 Å². The minimum Gasteiger partial charge on any atom is -0.493 e. The molecule has 0 saturated heterocycles. The average Bonchev–Trinajstić information content (AvgIpc) is 3.00. The lowest BCUT2D eigenvalue weighted by Crippen LogP contribution is -2.35. The van der Waals surface area contributed by atoms with Gasteiger partial charge in [0, 0.05) is 12.0 Å². The number of esters is 1. The van der Waals surface area contributed by atoms with Crippen LogP contribution in [0.25, 0.3) is 5.57 Å². The molecule has 0 aliphatic heterocycles. The van der Waals surface area contributed by atoms with Gasteiger partial charge in [0.2, 0.25) is 5.75 Å². The largest absolute Gasteiger partial charge is 0.493 e. The van der Waals surface area contributed by atoms with Crippen molar-refractivity contribution < 1.29 is 33.3 Å². The Morgan fingerprint density at radius 2 is 1.60 bits per heavy atom. The Labute approximate surface area is 205 Å². The number of ketones is 1. The molecule has 0 saturated carbocycles. The Morgan fingerprint density at radius 3 is 2.20 bits per heavy atom. The second-order valence-corrected chi connectivity index (χ2v) is 8.72. The number of carbonyl (C=O) groups excluding carboxylic acids is 2. The third-order valence-corrected chi connectivity index (χ3v) is 5.86. The summed E-state index contributed by atoms with van der Waals surface area (Å²) in [6.45, 7) is 3.97. The zero-order valence-electron chi connectivity index (χ0n) is 21.1. The molecule has 1 aliphatic rings. The monoisotopic (exact) mass is 483 g/mol. The van der Waals surface area contributed by atoms with Gasteiger partial charge in [-0.1, -0.05) is 19.9 Å². The molecule has 0 fully saturated rings. The summed E-state index contributed by atoms with van der Waals surface area (Å²) in [5.41, 5.74) is 8.93. The van der Waals surface area contributed by atoms with Crippen LogP contribution in [0.1, 0.15) is 43.4 Å². The predicted molar refractivity (Wildman–Crippen MR) is 133 cm³/mol. The van der Waals surface area contributed by atoms with Gasteiger partial charge in [0.25, 0.3) is 0 Å². The first-order chi connectivity index (χ1) is 16.7. The van der Waals surface area contributed by atoms with E-state index < -0.39 is 12.0 Å². The van der Waals surface area contributed by atoms with Crippen molar-refractivity contribution in [3.8, 4) is 28.7 Å². The van der Waals surface area contributed by atoms with Crippen LogP contribution in [0.3, 0.4) is 0 Å². The quantitative estimate of drug-likeness (QED) is 0.422. The number of allylic oxidation sites excluding steroid dienone is 1. The van der Waals surface area contributed by atoms with Gasteiger partial charge in [0.05, 0.1) is 28.4 Å². The van der Waals surface area contributed by atoms with Crippen molar-refractivity contribution in [2.24, 2.45) is 11.7 Å². The van der Waals surface area contributed by atoms with E-state index in [1.54, 1.807) is 39.5 Å². The smallest absolute Gasteiger partial charge is 0.328 e. The molecule has 0 bridgehead atoms. The van der Waals surface area contributed by atoms with E-state index in [0.29, 0.717) is 53.4 Å². The topological polar surface area (TPSA) is 106 Å². The first-order valence-corrected chi connectivity index (χ1v) is 11.5. The van der Waals surface area contributed by atoms with Crippen LogP contribution < -0.4 is 29.4 Å². The Bertz CT molecular complexity index is 1140. The molecular weight excluding hydrogens is 450 g/mol. The van der Waals surface area contributed by atoms with Gasteiger partial charge in [0.1, 0.15) is 6.04 Å². The highest BCUT2D eigenvalue weighted by molar-refractivity contribution is 6.03. The van der Waals surface area contributed by atoms with Gasteiger partial charge in [-0.15, -0.1) is 0 Å². The fourth-order valence-electron chi connectivity index (χ4n) is 4.21. The van der Waals surface area contributed by atoms with E-state index >= 15 is 0 Å². The highest BCUT2D eigenvalue weighted by atomic mass is 16.6. The normalized spacial score (nSPS) is 13.9. The van der Waals surface area contributed by atoms with Crippen LogP contribution in [0.2, 0.25) is 0 Å². The maximum absolute atomic E-state index is 12.7. The molecule has 0 amide bonds. The van der Waals surface area contributed by atoms with Gasteiger partial charge < -0.3 is 29.4 Å². The molecule has 2 aromatic carbocycles. The summed E-state index contributed by atoms with van der Waals surface area (Å²) in [4.78, 5) is 25.3. The summed E-state index contributed by atoms with van der Waals surface area (Å²) < 4.78 is 27.8. The lowest BCUT2D eigenvalue weighted by atomic mass is 9.92. The first-order valence-electron chi connectivity index (χ1n) is 11.5. The maximum atomic E-state index is 12.7. The van der Waals surface area contributed by atoms with Crippen molar-refractivity contribution in [2.45, 2.75) is 39.2 Å². The highest BCUT2D eigenvalue weighted by Crippen LogP contribution is 2.47. The van der Waals surface area contributed by atoms with E-state index in [0.717, 1.165) is 11.1 Å². The predicted octanol–water partition coefficient (Wildman–Crippen LogP) is 3.95. The fraction of sp³-hybridized carbons (Fsp3) is 0.407. The molecule has 0 aromatic heterocycles. The molecule has 3 rings (SSSR count). The van der Waals surface area contributed by atoms with Gasteiger partial charge in [-0.2, -0.15) is 0 Å². The van der Waals surface area contributed by atoms with E-state index in [-0.39, 0.29) is 17.5 Å². The summed E-state index contributed by atoms with van der Waals surface area (Å²) in [6.07, 6.45) is 2.87. The molecule has 0 radical (unpaired) electrons. The van der Waals surface area contributed by atoms with Crippen LogP contribution >= 0.6 is 0 Å². The van der Waals surface area contributed by atoms with E-state index in [1.165, 1.54) is 7.11 Å². The van der Waals surface area contributed by atoms with Crippen LogP contribution in [0.5, 0.6) is 28.7 Å².